The maximum absolute atomic E-state index is 13.7. The molecule has 0 unspecified atom stereocenters. The van der Waals surface area contributed by atoms with E-state index in [4.69, 9.17) is 4.74 Å². The number of aromatic nitrogens is 2. The minimum absolute atomic E-state index is 0.0948. The standard InChI is InChI=1S/C16H17F2N3O3S/c17-13-2-1-3-14(18)16(13)25(22,23)21-11-4-6-12(7-5-11)24-15-10-19-8-9-20-15/h1-3,8-12,21H,4-7H2. The van der Waals surface area contributed by atoms with Crippen LogP contribution >= 0.6 is 0 Å². The zero-order valence-electron chi connectivity index (χ0n) is 13.2. The van der Waals surface area contributed by atoms with Gasteiger partial charge in [-0.3, -0.25) is 4.98 Å². The Balaban J connectivity index is 1.60. The molecule has 1 aromatic heterocycles. The number of hydrogen-bond donors (Lipinski definition) is 1. The molecule has 0 saturated heterocycles. The van der Waals surface area contributed by atoms with Crippen LogP contribution in [0.25, 0.3) is 0 Å². The van der Waals surface area contributed by atoms with Gasteiger partial charge in [0.05, 0.1) is 6.20 Å². The number of hydrogen-bond acceptors (Lipinski definition) is 5. The first-order valence-electron chi connectivity index (χ1n) is 7.85. The van der Waals surface area contributed by atoms with Crippen LogP contribution in [0.2, 0.25) is 0 Å². The molecule has 0 aliphatic heterocycles. The lowest BCUT2D eigenvalue weighted by molar-refractivity contribution is 0.138. The predicted octanol–water partition coefficient (Wildman–Crippen LogP) is 2.42. The summed E-state index contributed by atoms with van der Waals surface area (Å²) in [5.74, 6) is -1.79. The van der Waals surface area contributed by atoms with Crippen molar-refractivity contribution in [1.29, 1.82) is 0 Å². The third kappa shape index (κ3) is 4.29. The first-order chi connectivity index (χ1) is 12.0. The fourth-order valence-electron chi connectivity index (χ4n) is 2.83. The number of nitrogens with zero attached hydrogens (tertiary/aromatic N) is 2. The highest BCUT2D eigenvalue weighted by Crippen LogP contribution is 2.25. The molecule has 0 radical (unpaired) electrons. The Hall–Kier alpha value is -2.13. The van der Waals surface area contributed by atoms with E-state index in [1.807, 2.05) is 0 Å². The van der Waals surface area contributed by atoms with E-state index in [9.17, 15) is 17.2 Å². The van der Waals surface area contributed by atoms with Crippen molar-refractivity contribution in [2.45, 2.75) is 42.7 Å². The van der Waals surface area contributed by atoms with Crippen molar-refractivity contribution in [3.63, 3.8) is 0 Å². The molecule has 9 heteroatoms. The van der Waals surface area contributed by atoms with E-state index in [1.54, 1.807) is 6.20 Å². The molecule has 0 spiro atoms. The van der Waals surface area contributed by atoms with Crippen molar-refractivity contribution in [2.75, 3.05) is 0 Å². The smallest absolute Gasteiger partial charge is 0.246 e. The highest BCUT2D eigenvalue weighted by Gasteiger charge is 2.30. The predicted molar refractivity (Wildman–Crippen MR) is 85.4 cm³/mol. The Morgan fingerprint density at radius 1 is 1.08 bits per heavy atom. The lowest BCUT2D eigenvalue weighted by Gasteiger charge is -2.29. The molecule has 134 valence electrons. The maximum atomic E-state index is 13.7. The van der Waals surface area contributed by atoms with Crippen LogP contribution in [0.1, 0.15) is 25.7 Å². The van der Waals surface area contributed by atoms with Gasteiger partial charge in [-0.05, 0) is 37.8 Å². The van der Waals surface area contributed by atoms with Crippen molar-refractivity contribution in [3.05, 3.63) is 48.4 Å². The Labute approximate surface area is 144 Å². The number of halogens is 2. The van der Waals surface area contributed by atoms with E-state index >= 15 is 0 Å². The molecule has 1 heterocycles. The molecule has 0 atom stereocenters. The van der Waals surface area contributed by atoms with Crippen LogP contribution in [0.4, 0.5) is 8.78 Å². The zero-order chi connectivity index (χ0) is 17.9. The number of benzene rings is 1. The SMILES string of the molecule is O=S(=O)(NC1CCC(Oc2cnccn2)CC1)c1c(F)cccc1F. The quantitative estimate of drug-likeness (QED) is 0.875. The zero-order valence-corrected chi connectivity index (χ0v) is 14.0. The van der Waals surface area contributed by atoms with E-state index in [0.29, 0.717) is 31.6 Å². The Bertz CT molecular complexity index is 806. The monoisotopic (exact) mass is 369 g/mol. The molecule has 3 rings (SSSR count). The molecule has 25 heavy (non-hydrogen) atoms. The molecule has 1 aromatic carbocycles. The summed E-state index contributed by atoms with van der Waals surface area (Å²) in [5, 5.41) is 0. The second kappa shape index (κ2) is 7.40. The summed E-state index contributed by atoms with van der Waals surface area (Å²) in [6.45, 7) is 0. The number of sulfonamides is 1. The van der Waals surface area contributed by atoms with Gasteiger partial charge in [-0.1, -0.05) is 6.07 Å². The molecule has 1 fully saturated rings. The Kier molecular flexibility index (Phi) is 5.24. The van der Waals surface area contributed by atoms with Gasteiger partial charge in [0.15, 0.2) is 4.90 Å². The van der Waals surface area contributed by atoms with E-state index in [-0.39, 0.29) is 6.10 Å². The Morgan fingerprint density at radius 2 is 1.76 bits per heavy atom. The topological polar surface area (TPSA) is 81.2 Å². The second-order valence-corrected chi connectivity index (χ2v) is 7.46. The molecule has 1 aliphatic carbocycles. The minimum atomic E-state index is -4.26. The molecule has 2 aromatic rings. The van der Waals surface area contributed by atoms with Crippen LogP contribution in [0, 0.1) is 11.6 Å². The number of nitrogens with one attached hydrogen (secondary N) is 1. The fraction of sp³-hybridized carbons (Fsp3) is 0.375. The van der Waals surface area contributed by atoms with Gasteiger partial charge in [0, 0.05) is 18.4 Å². The molecule has 6 nitrogen and oxygen atoms in total. The van der Waals surface area contributed by atoms with Gasteiger partial charge in [-0.15, -0.1) is 0 Å². The van der Waals surface area contributed by atoms with Crippen LogP contribution in [0.5, 0.6) is 5.88 Å². The molecular weight excluding hydrogens is 352 g/mol. The number of rotatable bonds is 5. The van der Waals surface area contributed by atoms with Crippen LogP contribution in [0.15, 0.2) is 41.7 Å². The average molecular weight is 369 g/mol. The average Bonchev–Trinajstić information content (AvgIpc) is 2.57. The fourth-order valence-corrected chi connectivity index (χ4v) is 4.28. The summed E-state index contributed by atoms with van der Waals surface area (Å²) >= 11 is 0. The van der Waals surface area contributed by atoms with Crippen molar-refractivity contribution in [1.82, 2.24) is 14.7 Å². The van der Waals surface area contributed by atoms with Crippen LogP contribution in [-0.2, 0) is 10.0 Å². The van der Waals surface area contributed by atoms with Gasteiger partial charge >= 0.3 is 0 Å². The summed E-state index contributed by atoms with van der Waals surface area (Å²) in [5.41, 5.74) is 0. The van der Waals surface area contributed by atoms with E-state index in [2.05, 4.69) is 14.7 Å². The summed E-state index contributed by atoms with van der Waals surface area (Å²) in [6.07, 6.45) is 6.68. The molecule has 0 bridgehead atoms. The van der Waals surface area contributed by atoms with Gasteiger partial charge in [-0.2, -0.15) is 0 Å². The second-order valence-electron chi connectivity index (χ2n) is 5.81. The minimum Gasteiger partial charge on any atom is -0.473 e. The maximum Gasteiger partial charge on any atom is 0.246 e. The van der Waals surface area contributed by atoms with Crippen LogP contribution in [0.3, 0.4) is 0 Å². The molecule has 0 amide bonds. The van der Waals surface area contributed by atoms with Gasteiger partial charge < -0.3 is 4.74 Å². The molecule has 1 N–H and O–H groups in total. The lowest BCUT2D eigenvalue weighted by Crippen LogP contribution is -2.40. The van der Waals surface area contributed by atoms with Crippen LogP contribution in [-0.4, -0.2) is 30.5 Å². The highest BCUT2D eigenvalue weighted by atomic mass is 32.2. The summed E-state index contributed by atoms with van der Waals surface area (Å²) in [4.78, 5) is 7.01. The van der Waals surface area contributed by atoms with Crippen LogP contribution < -0.4 is 9.46 Å². The van der Waals surface area contributed by atoms with Crippen molar-refractivity contribution >= 4 is 10.0 Å². The molecule has 1 aliphatic rings. The lowest BCUT2D eigenvalue weighted by atomic mass is 9.94. The first kappa shape index (κ1) is 17.7. The van der Waals surface area contributed by atoms with Gasteiger partial charge in [0.1, 0.15) is 17.7 Å². The molecule has 1 saturated carbocycles. The summed E-state index contributed by atoms with van der Waals surface area (Å²) in [6, 6.07) is 2.57. The third-order valence-corrected chi connectivity index (χ3v) is 5.58. The summed E-state index contributed by atoms with van der Waals surface area (Å²) in [7, 11) is -4.26. The van der Waals surface area contributed by atoms with Gasteiger partial charge in [-0.25, -0.2) is 26.9 Å². The third-order valence-electron chi connectivity index (χ3n) is 4.01. The molecular formula is C16H17F2N3O3S. The summed E-state index contributed by atoms with van der Waals surface area (Å²) < 4.78 is 60.0. The van der Waals surface area contributed by atoms with Crippen molar-refractivity contribution in [3.8, 4) is 5.88 Å². The van der Waals surface area contributed by atoms with E-state index in [0.717, 1.165) is 18.2 Å². The van der Waals surface area contributed by atoms with Gasteiger partial charge in [0.25, 0.3) is 0 Å². The normalized spacial score (nSPS) is 21.0. The van der Waals surface area contributed by atoms with Crippen molar-refractivity contribution in [2.24, 2.45) is 0 Å². The highest BCUT2D eigenvalue weighted by molar-refractivity contribution is 7.89. The Morgan fingerprint density at radius 3 is 2.36 bits per heavy atom. The van der Waals surface area contributed by atoms with E-state index < -0.39 is 32.6 Å². The van der Waals surface area contributed by atoms with Gasteiger partial charge in [0.2, 0.25) is 15.9 Å². The van der Waals surface area contributed by atoms with Crippen molar-refractivity contribution < 1.29 is 21.9 Å². The number of ether oxygens (including phenoxy) is 1. The van der Waals surface area contributed by atoms with E-state index in [1.165, 1.54) is 12.4 Å². The first-order valence-corrected chi connectivity index (χ1v) is 9.33. The largest absolute Gasteiger partial charge is 0.473 e.